The van der Waals surface area contributed by atoms with E-state index >= 15 is 0 Å². The summed E-state index contributed by atoms with van der Waals surface area (Å²) in [5.74, 6) is -0.188. The summed E-state index contributed by atoms with van der Waals surface area (Å²) in [4.78, 5) is 19.5. The summed E-state index contributed by atoms with van der Waals surface area (Å²) in [5.41, 5.74) is -0.909. The molecule has 0 fully saturated rings. The largest absolute Gasteiger partial charge is 0.424 e. The van der Waals surface area contributed by atoms with Crippen LogP contribution in [0.15, 0.2) is 24.3 Å². The standard InChI is InChI=1S/C9H6F3NO4/c10-9(11,12)6-1-3-7(4-2-6)17-8(5-14)13(15)16/h1-5,8H. The average Bonchev–Trinajstić information content (AvgIpc) is 2.25. The minimum Gasteiger partial charge on any atom is -0.424 e. The van der Waals surface area contributed by atoms with Crippen molar-refractivity contribution in [3.8, 4) is 5.75 Å². The van der Waals surface area contributed by atoms with Crippen LogP contribution in [0, 0.1) is 10.1 Å². The van der Waals surface area contributed by atoms with Gasteiger partial charge in [0.1, 0.15) is 5.75 Å². The van der Waals surface area contributed by atoms with Crippen LogP contribution in [0.1, 0.15) is 5.56 Å². The summed E-state index contributed by atoms with van der Waals surface area (Å²) in [7, 11) is 0. The lowest BCUT2D eigenvalue weighted by Gasteiger charge is -2.09. The molecule has 17 heavy (non-hydrogen) atoms. The SMILES string of the molecule is O=CC(Oc1ccc(C(F)(F)F)cc1)[N+](=O)[O-]. The van der Waals surface area contributed by atoms with E-state index in [9.17, 15) is 28.1 Å². The van der Waals surface area contributed by atoms with Gasteiger partial charge in [0.25, 0.3) is 0 Å². The molecule has 1 aromatic carbocycles. The fraction of sp³-hybridized carbons (Fsp3) is 0.222. The second kappa shape index (κ2) is 4.81. The molecule has 1 rings (SSSR count). The molecule has 0 saturated heterocycles. The number of nitro groups is 1. The lowest BCUT2D eigenvalue weighted by Crippen LogP contribution is -2.27. The lowest BCUT2D eigenvalue weighted by atomic mass is 10.2. The molecule has 0 amide bonds. The second-order valence-corrected chi connectivity index (χ2v) is 2.95. The molecule has 0 radical (unpaired) electrons. The van der Waals surface area contributed by atoms with E-state index in [0.717, 1.165) is 12.1 Å². The number of aldehydes is 1. The van der Waals surface area contributed by atoms with E-state index in [-0.39, 0.29) is 12.0 Å². The van der Waals surface area contributed by atoms with Crippen molar-refractivity contribution in [1.82, 2.24) is 0 Å². The number of halogens is 3. The Balaban J connectivity index is 2.82. The third-order valence-corrected chi connectivity index (χ3v) is 1.76. The highest BCUT2D eigenvalue weighted by atomic mass is 19.4. The van der Waals surface area contributed by atoms with Crippen molar-refractivity contribution in [2.24, 2.45) is 0 Å². The minimum absolute atomic E-state index is 0.0579. The zero-order valence-corrected chi connectivity index (χ0v) is 8.18. The van der Waals surface area contributed by atoms with Gasteiger partial charge in [-0.1, -0.05) is 0 Å². The molecule has 0 aliphatic carbocycles. The van der Waals surface area contributed by atoms with Gasteiger partial charge in [0.05, 0.1) is 10.5 Å². The number of hydrogen-bond donors (Lipinski definition) is 0. The number of carbonyl (C=O) groups is 1. The third-order valence-electron chi connectivity index (χ3n) is 1.76. The molecule has 0 heterocycles. The van der Waals surface area contributed by atoms with Gasteiger partial charge in [-0.25, -0.2) is 0 Å². The third kappa shape index (κ3) is 3.44. The van der Waals surface area contributed by atoms with Gasteiger partial charge in [-0.3, -0.25) is 14.9 Å². The number of nitrogens with zero attached hydrogens (tertiary/aromatic N) is 1. The molecule has 1 aromatic rings. The predicted octanol–water partition coefficient (Wildman–Crippen LogP) is 1.89. The molecule has 1 unspecified atom stereocenters. The molecule has 0 N–H and O–H groups in total. The molecule has 5 nitrogen and oxygen atoms in total. The number of hydrogen-bond acceptors (Lipinski definition) is 4. The van der Waals surface area contributed by atoms with Crippen molar-refractivity contribution in [3.05, 3.63) is 39.9 Å². The van der Waals surface area contributed by atoms with Crippen LogP contribution in [0.4, 0.5) is 13.2 Å². The van der Waals surface area contributed by atoms with E-state index < -0.39 is 22.9 Å². The van der Waals surface area contributed by atoms with E-state index in [2.05, 4.69) is 4.74 Å². The Morgan fingerprint density at radius 2 is 1.82 bits per heavy atom. The molecule has 92 valence electrons. The highest BCUT2D eigenvalue weighted by Gasteiger charge is 2.30. The Hall–Kier alpha value is -2.12. The van der Waals surface area contributed by atoms with Crippen molar-refractivity contribution in [2.75, 3.05) is 0 Å². The first-order valence-electron chi connectivity index (χ1n) is 4.27. The van der Waals surface area contributed by atoms with Crippen LogP contribution in [-0.2, 0) is 11.0 Å². The number of ether oxygens (including phenoxy) is 1. The Morgan fingerprint density at radius 3 is 2.18 bits per heavy atom. The highest BCUT2D eigenvalue weighted by molar-refractivity contribution is 5.54. The van der Waals surface area contributed by atoms with Gasteiger partial charge in [0.15, 0.2) is 0 Å². The molecule has 0 aliphatic rings. The number of carbonyl (C=O) groups excluding carboxylic acids is 1. The maximum absolute atomic E-state index is 12.2. The summed E-state index contributed by atoms with van der Waals surface area (Å²) < 4.78 is 41.1. The Morgan fingerprint density at radius 1 is 1.29 bits per heavy atom. The molecular formula is C9H6F3NO4. The van der Waals surface area contributed by atoms with Gasteiger partial charge in [0.2, 0.25) is 6.29 Å². The van der Waals surface area contributed by atoms with Crippen molar-refractivity contribution >= 4 is 6.29 Å². The quantitative estimate of drug-likeness (QED) is 0.353. The zero-order chi connectivity index (χ0) is 13.1. The van der Waals surface area contributed by atoms with Crippen LogP contribution in [0.25, 0.3) is 0 Å². The summed E-state index contributed by atoms with van der Waals surface area (Å²) in [6, 6.07) is 3.22. The lowest BCUT2D eigenvalue weighted by molar-refractivity contribution is -0.543. The fourth-order valence-electron chi connectivity index (χ4n) is 0.982. The first-order chi connectivity index (χ1) is 7.84. The first-order valence-corrected chi connectivity index (χ1v) is 4.27. The van der Waals surface area contributed by atoms with E-state index in [1.807, 2.05) is 0 Å². The molecule has 0 aromatic heterocycles. The van der Waals surface area contributed by atoms with Gasteiger partial charge in [-0.2, -0.15) is 13.2 Å². The van der Waals surface area contributed by atoms with Crippen molar-refractivity contribution in [1.29, 1.82) is 0 Å². The molecule has 1 atom stereocenters. The Labute approximate surface area is 93.0 Å². The molecule has 0 aliphatic heterocycles. The summed E-state index contributed by atoms with van der Waals surface area (Å²) >= 11 is 0. The van der Waals surface area contributed by atoms with E-state index in [4.69, 9.17) is 0 Å². The second-order valence-electron chi connectivity index (χ2n) is 2.95. The molecular weight excluding hydrogens is 243 g/mol. The summed E-state index contributed by atoms with van der Waals surface area (Å²) in [5, 5.41) is 10.2. The fourth-order valence-corrected chi connectivity index (χ4v) is 0.982. The van der Waals surface area contributed by atoms with Crippen LogP contribution in [0.3, 0.4) is 0 Å². The van der Waals surface area contributed by atoms with E-state index in [0.29, 0.717) is 12.1 Å². The smallest absolute Gasteiger partial charge is 0.416 e. The molecule has 0 bridgehead atoms. The first kappa shape index (κ1) is 12.9. The molecule has 0 saturated carbocycles. The van der Waals surface area contributed by atoms with Gasteiger partial charge < -0.3 is 4.74 Å². The monoisotopic (exact) mass is 249 g/mol. The zero-order valence-electron chi connectivity index (χ0n) is 8.18. The topological polar surface area (TPSA) is 69.4 Å². The van der Waals surface area contributed by atoms with Gasteiger partial charge in [0, 0.05) is 0 Å². The number of benzene rings is 1. The number of rotatable bonds is 4. The van der Waals surface area contributed by atoms with Crippen LogP contribution < -0.4 is 4.74 Å². The van der Waals surface area contributed by atoms with Crippen molar-refractivity contribution in [2.45, 2.75) is 12.4 Å². The summed E-state index contributed by atoms with van der Waals surface area (Å²) in [6.45, 7) is 0. The average molecular weight is 249 g/mol. The van der Waals surface area contributed by atoms with Gasteiger partial charge >= 0.3 is 12.4 Å². The van der Waals surface area contributed by atoms with Gasteiger partial charge in [-0.15, -0.1) is 0 Å². The Bertz CT molecular complexity index is 415. The van der Waals surface area contributed by atoms with Gasteiger partial charge in [-0.05, 0) is 24.3 Å². The van der Waals surface area contributed by atoms with Crippen LogP contribution in [-0.4, -0.2) is 17.4 Å². The normalized spacial score (nSPS) is 12.9. The van der Waals surface area contributed by atoms with Crippen molar-refractivity contribution in [3.63, 3.8) is 0 Å². The van der Waals surface area contributed by atoms with Crippen molar-refractivity contribution < 1.29 is 27.6 Å². The molecule has 8 heteroatoms. The van der Waals surface area contributed by atoms with Crippen LogP contribution in [0.5, 0.6) is 5.75 Å². The van der Waals surface area contributed by atoms with Crippen LogP contribution in [0.2, 0.25) is 0 Å². The summed E-state index contributed by atoms with van der Waals surface area (Å²) in [6.07, 6.45) is -6.48. The maximum atomic E-state index is 12.2. The molecule has 0 spiro atoms. The maximum Gasteiger partial charge on any atom is 0.416 e. The Kier molecular flexibility index (Phi) is 3.66. The van der Waals surface area contributed by atoms with Crippen LogP contribution >= 0.6 is 0 Å². The highest BCUT2D eigenvalue weighted by Crippen LogP contribution is 2.30. The predicted molar refractivity (Wildman–Crippen MR) is 48.9 cm³/mol. The minimum atomic E-state index is -4.49. The number of alkyl halides is 3. The van der Waals surface area contributed by atoms with E-state index in [1.165, 1.54) is 0 Å². The van der Waals surface area contributed by atoms with E-state index in [1.54, 1.807) is 0 Å².